The number of nitrogens with two attached hydrogens (primary N) is 1. The number of hydrogen-bond donors (Lipinski definition) is 1. The van der Waals surface area contributed by atoms with Crippen molar-refractivity contribution in [2.75, 3.05) is 0 Å². The maximum Gasteiger partial charge on any atom is 0.183 e. The minimum absolute atomic E-state index is 0.294. The zero-order chi connectivity index (χ0) is 16.5. The van der Waals surface area contributed by atoms with Gasteiger partial charge in [0.2, 0.25) is 0 Å². The monoisotopic (exact) mass is 331 g/mol. The second-order valence-electron chi connectivity index (χ2n) is 5.32. The third-order valence-corrected chi connectivity index (χ3v) is 3.95. The summed E-state index contributed by atoms with van der Waals surface area (Å²) in [7, 11) is 0. The second-order valence-corrected chi connectivity index (χ2v) is 5.76. The number of rotatable bonds is 3. The molecule has 0 fully saturated rings. The number of benzene rings is 1. The molecule has 24 heavy (non-hydrogen) atoms. The fraction of sp³-hybridized carbons (Fsp3) is 0. The molecule has 3 heterocycles. The zero-order valence-corrected chi connectivity index (χ0v) is 13.4. The van der Waals surface area contributed by atoms with Crippen molar-refractivity contribution in [3.8, 4) is 22.5 Å². The van der Waals surface area contributed by atoms with Gasteiger partial charge < -0.3 is 5.73 Å². The molecule has 4 aromatic rings. The standard InChI is InChI=1S/C18H13N5S/c19-16(24)15-9-14(12-5-2-1-3-6-12)11-23-18(15)21-17(22-23)13-7-4-8-20-10-13/h1-11H,(H2,19,24). The van der Waals surface area contributed by atoms with Crippen molar-refractivity contribution < 1.29 is 0 Å². The summed E-state index contributed by atoms with van der Waals surface area (Å²) < 4.78 is 1.72. The van der Waals surface area contributed by atoms with Gasteiger partial charge in [0.25, 0.3) is 0 Å². The molecule has 0 amide bonds. The molecule has 0 aliphatic rings. The Labute approximate surface area is 143 Å². The van der Waals surface area contributed by atoms with E-state index in [9.17, 15) is 0 Å². The third-order valence-electron chi connectivity index (χ3n) is 3.73. The lowest BCUT2D eigenvalue weighted by Crippen LogP contribution is -2.11. The van der Waals surface area contributed by atoms with Gasteiger partial charge in [-0.25, -0.2) is 9.50 Å². The molecule has 0 radical (unpaired) electrons. The van der Waals surface area contributed by atoms with Crippen molar-refractivity contribution in [1.29, 1.82) is 0 Å². The molecule has 0 aliphatic heterocycles. The van der Waals surface area contributed by atoms with E-state index in [-0.39, 0.29) is 0 Å². The van der Waals surface area contributed by atoms with Gasteiger partial charge in [0, 0.05) is 29.7 Å². The van der Waals surface area contributed by atoms with Crippen LogP contribution in [0, 0.1) is 0 Å². The Morgan fingerprint density at radius 3 is 2.50 bits per heavy atom. The van der Waals surface area contributed by atoms with Gasteiger partial charge >= 0.3 is 0 Å². The van der Waals surface area contributed by atoms with Crippen molar-refractivity contribution >= 4 is 22.9 Å². The van der Waals surface area contributed by atoms with Crippen LogP contribution in [0.4, 0.5) is 0 Å². The quantitative estimate of drug-likeness (QED) is 0.584. The molecule has 0 saturated heterocycles. The molecule has 3 aromatic heterocycles. The minimum atomic E-state index is 0.294. The Morgan fingerprint density at radius 1 is 1.00 bits per heavy atom. The van der Waals surface area contributed by atoms with Crippen LogP contribution in [-0.4, -0.2) is 24.6 Å². The van der Waals surface area contributed by atoms with Crippen LogP contribution in [-0.2, 0) is 0 Å². The van der Waals surface area contributed by atoms with Gasteiger partial charge in [0.05, 0.1) is 5.56 Å². The summed E-state index contributed by atoms with van der Waals surface area (Å²) in [5, 5.41) is 4.56. The summed E-state index contributed by atoms with van der Waals surface area (Å²) in [6, 6.07) is 15.7. The van der Waals surface area contributed by atoms with Gasteiger partial charge in [0.15, 0.2) is 11.5 Å². The van der Waals surface area contributed by atoms with Crippen molar-refractivity contribution in [2.24, 2.45) is 5.73 Å². The summed E-state index contributed by atoms with van der Waals surface area (Å²) in [5.41, 5.74) is 10.1. The normalized spacial score (nSPS) is 10.8. The molecular weight excluding hydrogens is 318 g/mol. The van der Waals surface area contributed by atoms with Crippen LogP contribution in [0.2, 0.25) is 0 Å². The third kappa shape index (κ3) is 2.53. The van der Waals surface area contributed by atoms with Gasteiger partial charge in [-0.05, 0) is 23.8 Å². The average molecular weight is 331 g/mol. The lowest BCUT2D eigenvalue weighted by molar-refractivity contribution is 0.965. The first-order valence-electron chi connectivity index (χ1n) is 7.38. The Balaban J connectivity index is 1.95. The zero-order valence-electron chi connectivity index (χ0n) is 12.6. The van der Waals surface area contributed by atoms with Crippen LogP contribution >= 0.6 is 12.2 Å². The molecule has 0 saturated carbocycles. The van der Waals surface area contributed by atoms with E-state index in [0.717, 1.165) is 16.7 Å². The number of pyridine rings is 2. The summed E-state index contributed by atoms with van der Waals surface area (Å²) in [6.45, 7) is 0. The van der Waals surface area contributed by atoms with E-state index >= 15 is 0 Å². The Morgan fingerprint density at radius 2 is 1.79 bits per heavy atom. The number of thiocarbonyl (C=S) groups is 1. The molecule has 1 aromatic carbocycles. The topological polar surface area (TPSA) is 69.1 Å². The van der Waals surface area contributed by atoms with E-state index in [1.807, 2.05) is 54.7 Å². The van der Waals surface area contributed by atoms with Crippen LogP contribution in [0.1, 0.15) is 5.56 Å². The van der Waals surface area contributed by atoms with Crippen LogP contribution in [0.25, 0.3) is 28.2 Å². The smallest absolute Gasteiger partial charge is 0.183 e. The minimum Gasteiger partial charge on any atom is -0.389 e. The predicted molar refractivity (Wildman–Crippen MR) is 97.5 cm³/mol. The molecule has 6 heteroatoms. The highest BCUT2D eigenvalue weighted by atomic mass is 32.1. The van der Waals surface area contributed by atoms with Crippen LogP contribution in [0.15, 0.2) is 67.1 Å². The predicted octanol–water partition coefficient (Wildman–Crippen LogP) is 3.09. The maximum atomic E-state index is 5.91. The summed E-state index contributed by atoms with van der Waals surface area (Å²) in [5.74, 6) is 0.589. The van der Waals surface area contributed by atoms with Gasteiger partial charge in [0.1, 0.15) is 4.99 Å². The average Bonchev–Trinajstić information content (AvgIpc) is 3.06. The molecule has 2 N–H and O–H groups in total. The van der Waals surface area contributed by atoms with Crippen LogP contribution < -0.4 is 5.73 Å². The van der Waals surface area contributed by atoms with E-state index in [1.54, 1.807) is 16.9 Å². The van der Waals surface area contributed by atoms with Gasteiger partial charge in [-0.2, -0.15) is 0 Å². The van der Waals surface area contributed by atoms with E-state index in [4.69, 9.17) is 18.0 Å². The number of hydrogen-bond acceptors (Lipinski definition) is 4. The van der Waals surface area contributed by atoms with Gasteiger partial charge in [-0.3, -0.25) is 4.98 Å². The van der Waals surface area contributed by atoms with Crippen molar-refractivity contribution in [1.82, 2.24) is 19.6 Å². The Kier molecular flexibility index (Phi) is 3.51. The Hall–Kier alpha value is -3.12. The van der Waals surface area contributed by atoms with E-state index in [0.29, 0.717) is 22.0 Å². The highest BCUT2D eigenvalue weighted by Crippen LogP contribution is 2.24. The van der Waals surface area contributed by atoms with Gasteiger partial charge in [-0.1, -0.05) is 42.5 Å². The van der Waals surface area contributed by atoms with Crippen molar-refractivity contribution in [3.63, 3.8) is 0 Å². The molecule has 0 bridgehead atoms. The fourth-order valence-corrected chi connectivity index (χ4v) is 2.72. The summed E-state index contributed by atoms with van der Waals surface area (Å²) in [4.78, 5) is 8.99. The fourth-order valence-electron chi connectivity index (χ4n) is 2.57. The van der Waals surface area contributed by atoms with E-state index in [2.05, 4.69) is 15.1 Å². The van der Waals surface area contributed by atoms with Crippen LogP contribution in [0.3, 0.4) is 0 Å². The summed E-state index contributed by atoms with van der Waals surface area (Å²) in [6.07, 6.45) is 5.37. The molecule has 0 spiro atoms. The molecule has 4 rings (SSSR count). The first kappa shape index (κ1) is 14.5. The molecular formula is C18H13N5S. The molecule has 116 valence electrons. The number of fused-ring (bicyclic) bond motifs is 1. The first-order valence-corrected chi connectivity index (χ1v) is 7.79. The van der Waals surface area contributed by atoms with Crippen LogP contribution in [0.5, 0.6) is 0 Å². The lowest BCUT2D eigenvalue weighted by atomic mass is 10.1. The highest BCUT2D eigenvalue weighted by molar-refractivity contribution is 7.80. The SMILES string of the molecule is NC(=S)c1cc(-c2ccccc2)cn2nc(-c3cccnc3)nc12. The molecule has 0 unspecified atom stereocenters. The van der Waals surface area contributed by atoms with Gasteiger partial charge in [-0.15, -0.1) is 5.10 Å². The van der Waals surface area contributed by atoms with Crippen molar-refractivity contribution in [2.45, 2.75) is 0 Å². The second kappa shape index (κ2) is 5.82. The summed E-state index contributed by atoms with van der Waals surface area (Å²) >= 11 is 5.21. The Bertz CT molecular complexity index is 1030. The number of nitrogens with zero attached hydrogens (tertiary/aromatic N) is 4. The molecule has 5 nitrogen and oxygen atoms in total. The molecule has 0 atom stereocenters. The number of aromatic nitrogens is 4. The van der Waals surface area contributed by atoms with E-state index in [1.165, 1.54) is 0 Å². The van der Waals surface area contributed by atoms with E-state index < -0.39 is 0 Å². The molecule has 0 aliphatic carbocycles. The highest BCUT2D eigenvalue weighted by Gasteiger charge is 2.14. The maximum absolute atomic E-state index is 5.91. The largest absolute Gasteiger partial charge is 0.389 e. The van der Waals surface area contributed by atoms with Crippen molar-refractivity contribution in [3.05, 3.63) is 72.7 Å². The first-order chi connectivity index (χ1) is 11.7. The lowest BCUT2D eigenvalue weighted by Gasteiger charge is -2.06.